The molecule has 6 heteroatoms. The van der Waals surface area contributed by atoms with Gasteiger partial charge in [0.2, 0.25) is 18.0 Å². The van der Waals surface area contributed by atoms with Gasteiger partial charge in [0.1, 0.15) is 0 Å². The summed E-state index contributed by atoms with van der Waals surface area (Å²) in [6.07, 6.45) is 1.46. The van der Waals surface area contributed by atoms with Crippen molar-refractivity contribution < 1.29 is 9.53 Å². The molecule has 23 heavy (non-hydrogen) atoms. The average Bonchev–Trinajstić information content (AvgIpc) is 3.00. The van der Waals surface area contributed by atoms with E-state index in [1.807, 2.05) is 42.7 Å². The molecule has 2 aromatic rings. The van der Waals surface area contributed by atoms with Crippen molar-refractivity contribution in [3.63, 3.8) is 0 Å². The summed E-state index contributed by atoms with van der Waals surface area (Å²) in [6.45, 7) is 1.47. The zero-order valence-corrected chi connectivity index (χ0v) is 14.3. The van der Waals surface area contributed by atoms with Gasteiger partial charge in [-0.1, -0.05) is 29.8 Å². The SMILES string of the molecule is CSc1ccc([C@H]2OC(c3cccc(Cl)c3)=NN2C(C)=O)cc1. The summed E-state index contributed by atoms with van der Waals surface area (Å²) < 4.78 is 5.93. The van der Waals surface area contributed by atoms with Crippen molar-refractivity contribution in [1.29, 1.82) is 0 Å². The van der Waals surface area contributed by atoms with Crippen LogP contribution in [0.3, 0.4) is 0 Å². The second-order valence-electron chi connectivity index (χ2n) is 5.02. The summed E-state index contributed by atoms with van der Waals surface area (Å²) in [7, 11) is 0. The third-order valence-electron chi connectivity index (χ3n) is 3.44. The number of amides is 1. The van der Waals surface area contributed by atoms with Gasteiger partial charge < -0.3 is 4.74 Å². The van der Waals surface area contributed by atoms with Crippen molar-refractivity contribution in [1.82, 2.24) is 5.01 Å². The Hall–Kier alpha value is -1.98. The van der Waals surface area contributed by atoms with Crippen LogP contribution >= 0.6 is 23.4 Å². The Morgan fingerprint density at radius 1 is 1.26 bits per heavy atom. The first kappa shape index (κ1) is 15.9. The third kappa shape index (κ3) is 3.35. The number of nitrogens with zero attached hydrogens (tertiary/aromatic N) is 2. The number of thioether (sulfide) groups is 1. The summed E-state index contributed by atoms with van der Waals surface area (Å²) in [5.41, 5.74) is 1.62. The Morgan fingerprint density at radius 2 is 2.00 bits per heavy atom. The highest BCUT2D eigenvalue weighted by atomic mass is 35.5. The van der Waals surface area contributed by atoms with Crippen LogP contribution in [-0.2, 0) is 9.53 Å². The topological polar surface area (TPSA) is 41.9 Å². The van der Waals surface area contributed by atoms with E-state index >= 15 is 0 Å². The zero-order valence-electron chi connectivity index (χ0n) is 12.7. The summed E-state index contributed by atoms with van der Waals surface area (Å²) in [4.78, 5) is 13.1. The Labute approximate surface area is 144 Å². The fourth-order valence-corrected chi connectivity index (χ4v) is 2.89. The second-order valence-corrected chi connectivity index (χ2v) is 6.34. The molecule has 1 amide bonds. The lowest BCUT2D eigenvalue weighted by Crippen LogP contribution is -2.25. The average molecular weight is 347 g/mol. The quantitative estimate of drug-likeness (QED) is 0.778. The number of halogens is 1. The lowest BCUT2D eigenvalue weighted by Gasteiger charge is -2.19. The Bertz CT molecular complexity index is 761. The maximum Gasteiger partial charge on any atom is 0.243 e. The van der Waals surface area contributed by atoms with E-state index in [0.29, 0.717) is 10.9 Å². The molecule has 2 aromatic carbocycles. The van der Waals surface area contributed by atoms with Gasteiger partial charge in [0.15, 0.2) is 0 Å². The fraction of sp³-hybridized carbons (Fsp3) is 0.176. The van der Waals surface area contributed by atoms with E-state index in [0.717, 1.165) is 16.0 Å². The largest absolute Gasteiger partial charge is 0.446 e. The standard InChI is InChI=1S/C17H15ClN2O2S/c1-11(21)20-17(12-6-8-15(23-2)9-7-12)22-16(19-20)13-4-3-5-14(18)10-13/h3-10,17H,1-2H3/t17-/m1/s1. The van der Waals surface area contributed by atoms with Gasteiger partial charge in [0.25, 0.3) is 0 Å². The normalized spacial score (nSPS) is 16.9. The second kappa shape index (κ2) is 6.64. The summed E-state index contributed by atoms with van der Waals surface area (Å²) >= 11 is 7.68. The highest BCUT2D eigenvalue weighted by Gasteiger charge is 2.33. The minimum atomic E-state index is -0.558. The van der Waals surface area contributed by atoms with E-state index in [-0.39, 0.29) is 5.91 Å². The van der Waals surface area contributed by atoms with Crippen LogP contribution in [-0.4, -0.2) is 23.1 Å². The molecule has 1 atom stereocenters. The lowest BCUT2D eigenvalue weighted by atomic mass is 10.2. The van der Waals surface area contributed by atoms with Crippen LogP contribution in [0.1, 0.15) is 24.3 Å². The molecular formula is C17H15ClN2O2S. The molecule has 0 unspecified atom stereocenters. The molecule has 4 nitrogen and oxygen atoms in total. The molecule has 1 aliphatic heterocycles. The van der Waals surface area contributed by atoms with Gasteiger partial charge >= 0.3 is 0 Å². The molecule has 0 aliphatic carbocycles. The van der Waals surface area contributed by atoms with Crippen LogP contribution in [0.15, 0.2) is 58.5 Å². The van der Waals surface area contributed by atoms with Crippen LogP contribution in [0.25, 0.3) is 0 Å². The van der Waals surface area contributed by atoms with E-state index in [1.54, 1.807) is 23.9 Å². The molecule has 3 rings (SSSR count). The number of rotatable bonds is 3. The molecule has 0 fully saturated rings. The van der Waals surface area contributed by atoms with Crippen LogP contribution in [0.4, 0.5) is 0 Å². The summed E-state index contributed by atoms with van der Waals surface area (Å²) in [5, 5.41) is 6.26. The predicted octanol–water partition coefficient (Wildman–Crippen LogP) is 4.30. The third-order valence-corrected chi connectivity index (χ3v) is 4.42. The molecule has 0 spiro atoms. The van der Waals surface area contributed by atoms with E-state index in [2.05, 4.69) is 5.10 Å². The molecule has 0 saturated heterocycles. The van der Waals surface area contributed by atoms with Crippen molar-refractivity contribution in [2.45, 2.75) is 18.0 Å². The Balaban J connectivity index is 1.92. The van der Waals surface area contributed by atoms with Gasteiger partial charge in [-0.15, -0.1) is 16.9 Å². The maximum absolute atomic E-state index is 11.9. The van der Waals surface area contributed by atoms with Crippen LogP contribution in [0.2, 0.25) is 5.02 Å². The van der Waals surface area contributed by atoms with Crippen LogP contribution < -0.4 is 0 Å². The van der Waals surface area contributed by atoms with Crippen LogP contribution in [0, 0.1) is 0 Å². The number of ether oxygens (including phenoxy) is 1. The molecule has 1 heterocycles. The van der Waals surface area contributed by atoms with E-state index in [9.17, 15) is 4.79 Å². The van der Waals surface area contributed by atoms with Gasteiger partial charge in [-0.05, 0) is 36.6 Å². The molecule has 0 aromatic heterocycles. The van der Waals surface area contributed by atoms with Crippen LogP contribution in [0.5, 0.6) is 0 Å². The van der Waals surface area contributed by atoms with Crippen molar-refractivity contribution in [3.05, 3.63) is 64.7 Å². The lowest BCUT2D eigenvalue weighted by molar-refractivity contribution is -0.135. The molecule has 1 aliphatic rings. The number of carbonyl (C=O) groups excluding carboxylic acids is 1. The Morgan fingerprint density at radius 3 is 2.61 bits per heavy atom. The van der Waals surface area contributed by atoms with Gasteiger partial charge in [0, 0.05) is 28.0 Å². The monoisotopic (exact) mass is 346 g/mol. The first-order chi connectivity index (χ1) is 11.1. The number of hydrazone groups is 1. The first-order valence-electron chi connectivity index (χ1n) is 7.03. The molecule has 0 radical (unpaired) electrons. The molecule has 118 valence electrons. The Kier molecular flexibility index (Phi) is 4.59. The van der Waals surface area contributed by atoms with Gasteiger partial charge in [-0.3, -0.25) is 4.79 Å². The minimum Gasteiger partial charge on any atom is -0.446 e. The highest BCUT2D eigenvalue weighted by molar-refractivity contribution is 7.98. The smallest absolute Gasteiger partial charge is 0.243 e. The highest BCUT2D eigenvalue weighted by Crippen LogP contribution is 2.31. The zero-order chi connectivity index (χ0) is 16.4. The minimum absolute atomic E-state index is 0.180. The number of carbonyl (C=O) groups is 1. The van der Waals surface area contributed by atoms with Gasteiger partial charge in [-0.25, -0.2) is 0 Å². The fourth-order valence-electron chi connectivity index (χ4n) is 2.29. The summed E-state index contributed by atoms with van der Waals surface area (Å²) in [6, 6.07) is 15.1. The van der Waals surface area contributed by atoms with E-state index in [4.69, 9.17) is 16.3 Å². The summed E-state index contributed by atoms with van der Waals surface area (Å²) in [5.74, 6) is 0.211. The molecule has 0 saturated carbocycles. The predicted molar refractivity (Wildman–Crippen MR) is 92.6 cm³/mol. The van der Waals surface area contributed by atoms with E-state index < -0.39 is 6.23 Å². The van der Waals surface area contributed by atoms with Gasteiger partial charge in [-0.2, -0.15) is 5.01 Å². The van der Waals surface area contributed by atoms with Crippen molar-refractivity contribution >= 4 is 35.2 Å². The van der Waals surface area contributed by atoms with E-state index in [1.165, 1.54) is 11.9 Å². The van der Waals surface area contributed by atoms with Gasteiger partial charge in [0.05, 0.1) is 0 Å². The van der Waals surface area contributed by atoms with Crippen molar-refractivity contribution in [3.8, 4) is 0 Å². The molecular weight excluding hydrogens is 332 g/mol. The molecule has 0 bridgehead atoms. The number of hydrogen-bond donors (Lipinski definition) is 0. The number of benzene rings is 2. The number of hydrogen-bond acceptors (Lipinski definition) is 4. The van der Waals surface area contributed by atoms with Crippen molar-refractivity contribution in [2.75, 3.05) is 6.26 Å². The van der Waals surface area contributed by atoms with Crippen molar-refractivity contribution in [2.24, 2.45) is 5.10 Å². The molecule has 0 N–H and O–H groups in total. The maximum atomic E-state index is 11.9. The first-order valence-corrected chi connectivity index (χ1v) is 8.63.